The fraction of sp³-hybridized carbons (Fsp3) is 0.500. The Morgan fingerprint density at radius 3 is 2.80 bits per heavy atom. The van der Waals surface area contributed by atoms with Gasteiger partial charge < -0.3 is 5.73 Å². The minimum atomic E-state index is 0.641. The van der Waals surface area contributed by atoms with Gasteiger partial charge in [0.1, 0.15) is 0 Å². The van der Waals surface area contributed by atoms with Gasteiger partial charge in [-0.1, -0.05) is 25.4 Å². The number of halogens is 1. The first-order valence-corrected chi connectivity index (χ1v) is 6.58. The predicted molar refractivity (Wildman–Crippen MR) is 69.8 cm³/mol. The Bertz CT molecular complexity index is 314. The van der Waals surface area contributed by atoms with Gasteiger partial charge in [-0.3, -0.25) is 0 Å². The average molecular weight is 244 g/mol. The van der Waals surface area contributed by atoms with E-state index in [1.54, 1.807) is 0 Å². The van der Waals surface area contributed by atoms with Crippen LogP contribution < -0.4 is 5.73 Å². The minimum absolute atomic E-state index is 0.641. The van der Waals surface area contributed by atoms with Crippen LogP contribution in [0.2, 0.25) is 5.02 Å². The molecule has 1 nitrogen and oxygen atoms in total. The van der Waals surface area contributed by atoms with Gasteiger partial charge in [0.25, 0.3) is 0 Å². The monoisotopic (exact) mass is 243 g/mol. The Hall–Kier alpha value is -0.180. The molecule has 1 rings (SSSR count). The summed E-state index contributed by atoms with van der Waals surface area (Å²) in [6, 6.07) is 6.08. The smallest absolute Gasteiger partial charge is 0.0409 e. The molecule has 0 amide bonds. The molecule has 0 aliphatic heterocycles. The van der Waals surface area contributed by atoms with Crippen molar-refractivity contribution in [1.82, 2.24) is 0 Å². The molecule has 1 unspecified atom stereocenters. The van der Waals surface area contributed by atoms with Gasteiger partial charge in [-0.2, -0.15) is 0 Å². The second kappa shape index (κ2) is 6.41. The molecule has 1 atom stereocenters. The molecule has 0 radical (unpaired) electrons. The van der Waals surface area contributed by atoms with Crippen LogP contribution in [0, 0.1) is 0 Å². The van der Waals surface area contributed by atoms with Crippen molar-refractivity contribution in [3.05, 3.63) is 28.8 Å². The van der Waals surface area contributed by atoms with Crippen LogP contribution in [0.1, 0.15) is 25.8 Å². The lowest BCUT2D eigenvalue weighted by molar-refractivity contribution is 0.899. The quantitative estimate of drug-likeness (QED) is 0.798. The van der Waals surface area contributed by atoms with Crippen molar-refractivity contribution in [2.75, 3.05) is 6.54 Å². The maximum absolute atomic E-state index is 5.97. The van der Waals surface area contributed by atoms with Crippen LogP contribution in [0.3, 0.4) is 0 Å². The zero-order valence-corrected chi connectivity index (χ0v) is 10.9. The van der Waals surface area contributed by atoms with Crippen molar-refractivity contribution in [3.8, 4) is 0 Å². The molecule has 84 valence electrons. The maximum Gasteiger partial charge on any atom is 0.0409 e. The molecule has 0 aliphatic rings. The summed E-state index contributed by atoms with van der Waals surface area (Å²) >= 11 is 7.88. The Balaban J connectivity index is 2.85. The summed E-state index contributed by atoms with van der Waals surface area (Å²) < 4.78 is 0. The Morgan fingerprint density at radius 1 is 1.47 bits per heavy atom. The molecule has 0 aromatic heterocycles. The van der Waals surface area contributed by atoms with Gasteiger partial charge in [0.05, 0.1) is 0 Å². The zero-order chi connectivity index (χ0) is 11.3. The van der Waals surface area contributed by atoms with Crippen molar-refractivity contribution >= 4 is 23.4 Å². The number of benzene rings is 1. The fourth-order valence-electron chi connectivity index (χ4n) is 1.31. The summed E-state index contributed by atoms with van der Waals surface area (Å²) in [5.41, 5.74) is 6.86. The molecule has 15 heavy (non-hydrogen) atoms. The second-order valence-corrected chi connectivity index (χ2v) is 5.54. The largest absolute Gasteiger partial charge is 0.330 e. The van der Waals surface area contributed by atoms with Gasteiger partial charge in [-0.25, -0.2) is 0 Å². The predicted octanol–water partition coefficient (Wildman–Crippen LogP) is 3.73. The third-order valence-electron chi connectivity index (χ3n) is 2.34. The van der Waals surface area contributed by atoms with E-state index in [0.29, 0.717) is 11.8 Å². The number of hydrogen-bond donors (Lipinski definition) is 1. The van der Waals surface area contributed by atoms with E-state index in [0.717, 1.165) is 11.4 Å². The van der Waals surface area contributed by atoms with E-state index in [4.69, 9.17) is 17.3 Å². The van der Waals surface area contributed by atoms with E-state index in [1.165, 1.54) is 16.9 Å². The van der Waals surface area contributed by atoms with E-state index >= 15 is 0 Å². The van der Waals surface area contributed by atoms with Crippen molar-refractivity contribution in [2.45, 2.75) is 36.8 Å². The lowest BCUT2D eigenvalue weighted by Gasteiger charge is -2.12. The van der Waals surface area contributed by atoms with Gasteiger partial charge in [-0.05, 0) is 43.1 Å². The molecule has 0 spiro atoms. The highest BCUT2D eigenvalue weighted by Crippen LogP contribution is 2.30. The normalized spacial score (nSPS) is 12.8. The van der Waals surface area contributed by atoms with Crippen LogP contribution in [0.4, 0.5) is 0 Å². The Labute approximate surface area is 101 Å². The summed E-state index contributed by atoms with van der Waals surface area (Å²) in [6.45, 7) is 5.12. The van der Waals surface area contributed by atoms with Crippen molar-refractivity contribution in [2.24, 2.45) is 5.73 Å². The molecule has 0 fully saturated rings. The fourth-order valence-corrected chi connectivity index (χ4v) is 2.57. The summed E-state index contributed by atoms with van der Waals surface area (Å²) in [4.78, 5) is 1.32. The van der Waals surface area contributed by atoms with E-state index in [9.17, 15) is 0 Å². The van der Waals surface area contributed by atoms with Crippen LogP contribution >= 0.6 is 23.4 Å². The molecule has 0 aliphatic carbocycles. The van der Waals surface area contributed by atoms with Crippen LogP contribution in [0.25, 0.3) is 0 Å². The lowest BCUT2D eigenvalue weighted by Crippen LogP contribution is -2.04. The van der Waals surface area contributed by atoms with Gasteiger partial charge in [0.2, 0.25) is 0 Å². The van der Waals surface area contributed by atoms with Gasteiger partial charge >= 0.3 is 0 Å². The maximum atomic E-state index is 5.97. The highest BCUT2D eigenvalue weighted by atomic mass is 35.5. The lowest BCUT2D eigenvalue weighted by atomic mass is 10.1. The van der Waals surface area contributed by atoms with Gasteiger partial charge in [0, 0.05) is 15.2 Å². The molecular weight excluding hydrogens is 226 g/mol. The van der Waals surface area contributed by atoms with Crippen LogP contribution in [0.15, 0.2) is 23.1 Å². The first kappa shape index (κ1) is 12.9. The SMILES string of the molecule is CCC(C)Sc1ccc(Cl)cc1CCN. The Morgan fingerprint density at radius 2 is 2.20 bits per heavy atom. The molecule has 1 aromatic carbocycles. The average Bonchev–Trinajstić information content (AvgIpc) is 2.22. The van der Waals surface area contributed by atoms with E-state index in [2.05, 4.69) is 19.9 Å². The zero-order valence-electron chi connectivity index (χ0n) is 9.29. The molecule has 2 N–H and O–H groups in total. The van der Waals surface area contributed by atoms with Crippen LogP contribution in [0.5, 0.6) is 0 Å². The first-order valence-electron chi connectivity index (χ1n) is 5.32. The molecule has 0 saturated heterocycles. The molecule has 3 heteroatoms. The molecule has 1 aromatic rings. The van der Waals surface area contributed by atoms with Gasteiger partial charge in [0.15, 0.2) is 0 Å². The van der Waals surface area contributed by atoms with Crippen molar-refractivity contribution in [1.29, 1.82) is 0 Å². The standard InChI is InChI=1S/C12H18ClNS/c1-3-9(2)15-12-5-4-11(13)8-10(12)6-7-14/h4-5,8-9H,3,6-7,14H2,1-2H3. The van der Waals surface area contributed by atoms with Crippen molar-refractivity contribution < 1.29 is 0 Å². The number of thioether (sulfide) groups is 1. The van der Waals surface area contributed by atoms with Crippen molar-refractivity contribution in [3.63, 3.8) is 0 Å². The summed E-state index contributed by atoms with van der Waals surface area (Å²) in [6.07, 6.45) is 2.08. The van der Waals surface area contributed by atoms with E-state index in [1.807, 2.05) is 23.9 Å². The van der Waals surface area contributed by atoms with E-state index in [-0.39, 0.29) is 0 Å². The topological polar surface area (TPSA) is 26.0 Å². The summed E-state index contributed by atoms with van der Waals surface area (Å²) in [7, 11) is 0. The number of nitrogens with two attached hydrogens (primary N) is 1. The molecule has 0 heterocycles. The second-order valence-electron chi connectivity index (χ2n) is 3.63. The number of hydrogen-bond acceptors (Lipinski definition) is 2. The van der Waals surface area contributed by atoms with Gasteiger partial charge in [-0.15, -0.1) is 11.8 Å². The summed E-state index contributed by atoms with van der Waals surface area (Å²) in [5.74, 6) is 0. The molecular formula is C12H18ClNS. The first-order chi connectivity index (χ1) is 7.17. The van der Waals surface area contributed by atoms with E-state index < -0.39 is 0 Å². The van der Waals surface area contributed by atoms with Crippen LogP contribution in [-0.4, -0.2) is 11.8 Å². The minimum Gasteiger partial charge on any atom is -0.330 e. The Kier molecular flexibility index (Phi) is 5.51. The molecule has 0 bridgehead atoms. The number of rotatable bonds is 5. The highest BCUT2D eigenvalue weighted by Gasteiger charge is 2.07. The van der Waals surface area contributed by atoms with Crippen LogP contribution in [-0.2, 0) is 6.42 Å². The third-order valence-corrected chi connectivity index (χ3v) is 3.96. The summed E-state index contributed by atoms with van der Waals surface area (Å²) in [5, 5.41) is 1.44. The third kappa shape index (κ3) is 4.06. The molecule has 0 saturated carbocycles. The highest BCUT2D eigenvalue weighted by molar-refractivity contribution is 8.00.